The monoisotopic (exact) mass is 313 g/mol. The highest BCUT2D eigenvalue weighted by Crippen LogP contribution is 2.72. The molecule has 5 heteroatoms. The molecule has 2 fully saturated rings. The molecule has 0 heterocycles. The average Bonchev–Trinajstić information content (AvgIpc) is 3.20. The van der Waals surface area contributed by atoms with Crippen LogP contribution in [0.25, 0.3) is 0 Å². The van der Waals surface area contributed by atoms with Crippen molar-refractivity contribution in [3.8, 4) is 5.75 Å². The predicted octanol–water partition coefficient (Wildman–Crippen LogP) is 2.55. The number of rotatable bonds is 4. The summed E-state index contributed by atoms with van der Waals surface area (Å²) in [5.41, 5.74) is 0.675. The number of allylic oxidation sites excluding steroid dienone is 2. The number of carboxylic acid groups (broad SMARTS) is 1. The van der Waals surface area contributed by atoms with E-state index in [-0.39, 0.29) is 23.2 Å². The lowest BCUT2D eigenvalue weighted by Gasteiger charge is -2.23. The van der Waals surface area contributed by atoms with Crippen LogP contribution in [0.4, 0.5) is 5.69 Å². The van der Waals surface area contributed by atoms with Gasteiger partial charge in [-0.3, -0.25) is 9.59 Å². The molecule has 3 aliphatic carbocycles. The van der Waals surface area contributed by atoms with E-state index >= 15 is 0 Å². The molecule has 0 aromatic heterocycles. The van der Waals surface area contributed by atoms with Crippen molar-refractivity contribution in [2.45, 2.75) is 12.8 Å². The Bertz CT molecular complexity index is 707. The van der Waals surface area contributed by atoms with Crippen LogP contribution in [-0.2, 0) is 9.59 Å². The zero-order valence-electron chi connectivity index (χ0n) is 12.9. The lowest BCUT2D eigenvalue weighted by Crippen LogP contribution is -2.36. The summed E-state index contributed by atoms with van der Waals surface area (Å²) in [5.74, 6) is -1.45. The van der Waals surface area contributed by atoms with E-state index in [2.05, 4.69) is 11.4 Å². The first-order valence-electron chi connectivity index (χ1n) is 7.93. The summed E-state index contributed by atoms with van der Waals surface area (Å²) in [4.78, 5) is 24.5. The minimum absolute atomic E-state index is 0.00561. The maximum atomic E-state index is 12.8. The fourth-order valence-electron chi connectivity index (χ4n) is 4.62. The first-order valence-corrected chi connectivity index (χ1v) is 7.93. The van der Waals surface area contributed by atoms with Crippen molar-refractivity contribution < 1.29 is 19.4 Å². The minimum Gasteiger partial charge on any atom is -0.497 e. The standard InChI is InChI=1S/C18H19NO4/c1-23-11-4-2-3-10(9-11)19-16(20)14-12-5-6-13(15(14)17(21)22)18(12)7-8-18/h2-6,9,12-15H,7-8H2,1H3,(H,19,20)(H,21,22)/t12-,13-,14+,15-/m0/s1. The smallest absolute Gasteiger partial charge is 0.307 e. The van der Waals surface area contributed by atoms with Gasteiger partial charge in [0.2, 0.25) is 5.91 Å². The summed E-state index contributed by atoms with van der Waals surface area (Å²) >= 11 is 0. The Balaban J connectivity index is 1.60. The number of ether oxygens (including phenoxy) is 1. The van der Waals surface area contributed by atoms with Gasteiger partial charge in [0.1, 0.15) is 5.75 Å². The Hall–Kier alpha value is -2.30. The van der Waals surface area contributed by atoms with Gasteiger partial charge >= 0.3 is 5.97 Å². The molecule has 4 rings (SSSR count). The van der Waals surface area contributed by atoms with Crippen LogP contribution in [-0.4, -0.2) is 24.1 Å². The van der Waals surface area contributed by atoms with Crippen LogP contribution < -0.4 is 10.1 Å². The minimum atomic E-state index is -0.862. The topological polar surface area (TPSA) is 75.6 Å². The van der Waals surface area contributed by atoms with Crippen LogP contribution in [0.1, 0.15) is 12.8 Å². The summed E-state index contributed by atoms with van der Waals surface area (Å²) in [6, 6.07) is 7.12. The van der Waals surface area contributed by atoms with Crippen LogP contribution in [0.3, 0.4) is 0 Å². The highest BCUT2D eigenvalue weighted by atomic mass is 16.5. The second kappa shape index (κ2) is 4.85. The van der Waals surface area contributed by atoms with Gasteiger partial charge in [-0.05, 0) is 42.2 Å². The molecule has 5 nitrogen and oxygen atoms in total. The first-order chi connectivity index (χ1) is 11.1. The highest BCUT2D eigenvalue weighted by molar-refractivity contribution is 5.96. The average molecular weight is 313 g/mol. The quantitative estimate of drug-likeness (QED) is 0.838. The van der Waals surface area contributed by atoms with E-state index in [1.807, 2.05) is 6.08 Å². The number of carbonyl (C=O) groups is 2. The number of benzene rings is 1. The molecule has 120 valence electrons. The molecule has 2 N–H and O–H groups in total. The number of amides is 1. The molecule has 2 saturated carbocycles. The van der Waals surface area contributed by atoms with Crippen molar-refractivity contribution in [1.82, 2.24) is 0 Å². The van der Waals surface area contributed by atoms with Gasteiger partial charge in [0.15, 0.2) is 0 Å². The molecule has 0 radical (unpaired) electrons. The van der Waals surface area contributed by atoms with Crippen LogP contribution in [0.2, 0.25) is 0 Å². The van der Waals surface area contributed by atoms with Crippen molar-refractivity contribution >= 4 is 17.6 Å². The SMILES string of the molecule is COc1cccc(NC(=O)[C@H]2[C@@H](C(=O)O)[C@@H]3C=C[C@@H]2C32CC2)c1. The second-order valence-electron chi connectivity index (χ2n) is 6.78. The van der Waals surface area contributed by atoms with E-state index in [4.69, 9.17) is 4.74 Å². The van der Waals surface area contributed by atoms with Crippen molar-refractivity contribution in [2.24, 2.45) is 29.1 Å². The molecule has 1 aromatic carbocycles. The maximum Gasteiger partial charge on any atom is 0.307 e. The molecule has 0 unspecified atom stereocenters. The normalized spacial score (nSPS) is 32.0. The van der Waals surface area contributed by atoms with Crippen LogP contribution >= 0.6 is 0 Å². The van der Waals surface area contributed by atoms with Gasteiger partial charge in [0.05, 0.1) is 18.9 Å². The molecule has 2 bridgehead atoms. The number of carboxylic acids is 1. The van der Waals surface area contributed by atoms with E-state index in [1.165, 1.54) is 0 Å². The van der Waals surface area contributed by atoms with Gasteiger partial charge in [-0.25, -0.2) is 0 Å². The largest absolute Gasteiger partial charge is 0.497 e. The molecule has 0 aliphatic heterocycles. The van der Waals surface area contributed by atoms with E-state index < -0.39 is 17.8 Å². The highest BCUT2D eigenvalue weighted by Gasteiger charge is 2.70. The predicted molar refractivity (Wildman–Crippen MR) is 84.0 cm³/mol. The summed E-state index contributed by atoms with van der Waals surface area (Å²) in [7, 11) is 1.57. The third-order valence-electron chi connectivity index (χ3n) is 5.77. The number of hydrogen-bond donors (Lipinski definition) is 2. The van der Waals surface area contributed by atoms with Crippen molar-refractivity contribution in [1.29, 1.82) is 0 Å². The Labute approximate surface area is 134 Å². The Morgan fingerprint density at radius 3 is 2.52 bits per heavy atom. The van der Waals surface area contributed by atoms with E-state index in [0.29, 0.717) is 11.4 Å². The lowest BCUT2D eigenvalue weighted by molar-refractivity contribution is -0.146. The maximum absolute atomic E-state index is 12.8. The summed E-state index contributed by atoms with van der Waals surface area (Å²) < 4.78 is 5.16. The van der Waals surface area contributed by atoms with Crippen LogP contribution in [0.15, 0.2) is 36.4 Å². The van der Waals surface area contributed by atoms with Gasteiger partial charge in [-0.15, -0.1) is 0 Å². The van der Waals surface area contributed by atoms with Gasteiger partial charge in [-0.1, -0.05) is 18.2 Å². The third kappa shape index (κ3) is 1.99. The number of hydrogen-bond acceptors (Lipinski definition) is 3. The third-order valence-corrected chi connectivity index (χ3v) is 5.77. The Morgan fingerprint density at radius 1 is 1.22 bits per heavy atom. The first kappa shape index (κ1) is 14.3. The lowest BCUT2D eigenvalue weighted by atomic mass is 9.82. The second-order valence-corrected chi connectivity index (χ2v) is 6.78. The molecule has 23 heavy (non-hydrogen) atoms. The summed E-state index contributed by atoms with van der Waals surface area (Å²) in [6.07, 6.45) is 6.14. The zero-order chi connectivity index (χ0) is 16.2. The van der Waals surface area contributed by atoms with Gasteiger partial charge in [0, 0.05) is 11.8 Å². The number of aliphatic carboxylic acids is 1. The molecular weight excluding hydrogens is 294 g/mol. The molecule has 4 atom stereocenters. The van der Waals surface area contributed by atoms with E-state index in [9.17, 15) is 14.7 Å². The van der Waals surface area contributed by atoms with Gasteiger partial charge in [0.25, 0.3) is 0 Å². The molecular formula is C18H19NO4. The van der Waals surface area contributed by atoms with Crippen LogP contribution in [0, 0.1) is 29.1 Å². The fraction of sp³-hybridized carbons (Fsp3) is 0.444. The fourth-order valence-corrected chi connectivity index (χ4v) is 4.62. The summed E-state index contributed by atoms with van der Waals surface area (Å²) in [6.45, 7) is 0. The van der Waals surface area contributed by atoms with Gasteiger partial charge < -0.3 is 15.2 Å². The van der Waals surface area contributed by atoms with E-state index in [0.717, 1.165) is 12.8 Å². The van der Waals surface area contributed by atoms with Crippen molar-refractivity contribution in [3.05, 3.63) is 36.4 Å². The Morgan fingerprint density at radius 2 is 1.91 bits per heavy atom. The molecule has 3 aliphatic rings. The van der Waals surface area contributed by atoms with Crippen molar-refractivity contribution in [3.63, 3.8) is 0 Å². The summed E-state index contributed by atoms with van der Waals surface area (Å²) in [5, 5.41) is 12.5. The molecule has 1 spiro atoms. The molecule has 0 saturated heterocycles. The number of nitrogens with one attached hydrogen (secondary N) is 1. The zero-order valence-corrected chi connectivity index (χ0v) is 12.9. The Kier molecular flexibility index (Phi) is 3.01. The molecule has 1 amide bonds. The molecule has 1 aromatic rings. The van der Waals surface area contributed by atoms with Gasteiger partial charge in [-0.2, -0.15) is 0 Å². The van der Waals surface area contributed by atoms with Crippen LogP contribution in [0.5, 0.6) is 5.75 Å². The van der Waals surface area contributed by atoms with E-state index in [1.54, 1.807) is 31.4 Å². The number of methoxy groups -OCH3 is 1. The number of carbonyl (C=O) groups excluding carboxylic acids is 1. The number of anilines is 1. The van der Waals surface area contributed by atoms with Crippen molar-refractivity contribution in [2.75, 3.05) is 12.4 Å².